The molecule has 7 heteroatoms. The Balaban J connectivity index is 1.59. The van der Waals surface area contributed by atoms with Gasteiger partial charge in [0, 0.05) is 44.1 Å². The van der Waals surface area contributed by atoms with Crippen molar-refractivity contribution in [3.05, 3.63) is 11.7 Å². The van der Waals surface area contributed by atoms with Gasteiger partial charge in [0.25, 0.3) is 0 Å². The molecule has 1 aromatic rings. The largest absolute Gasteiger partial charge is 0.389 e. The van der Waals surface area contributed by atoms with Crippen LogP contribution in [0.4, 0.5) is 0 Å². The molecule has 122 valence electrons. The van der Waals surface area contributed by atoms with Crippen molar-refractivity contribution in [2.75, 3.05) is 33.0 Å². The van der Waals surface area contributed by atoms with Crippen LogP contribution in [0.25, 0.3) is 0 Å². The summed E-state index contributed by atoms with van der Waals surface area (Å²) in [5.74, 6) is 1.55. The van der Waals surface area contributed by atoms with E-state index >= 15 is 0 Å². The summed E-state index contributed by atoms with van der Waals surface area (Å²) in [5, 5.41) is 15.1. The molecule has 7 nitrogen and oxygen atoms in total. The SMILES string of the molecule is Cc1noc(CN2C[C@H]3COCC[C@@]3(O)[C@@H]3COCC[C@@H]32)n1. The smallest absolute Gasteiger partial charge is 0.240 e. The molecule has 1 aromatic heterocycles. The second-order valence-electron chi connectivity index (χ2n) is 6.72. The van der Waals surface area contributed by atoms with E-state index in [-0.39, 0.29) is 11.8 Å². The van der Waals surface area contributed by atoms with E-state index in [1.807, 2.05) is 6.92 Å². The molecule has 0 aliphatic carbocycles. The summed E-state index contributed by atoms with van der Waals surface area (Å²) in [6, 6.07) is 0.306. The zero-order chi connectivity index (χ0) is 15.2. The van der Waals surface area contributed by atoms with Crippen LogP contribution in [0, 0.1) is 18.8 Å². The molecular weight excluding hydrogens is 286 g/mol. The second-order valence-corrected chi connectivity index (χ2v) is 6.72. The average molecular weight is 309 g/mol. The second kappa shape index (κ2) is 5.56. The van der Waals surface area contributed by atoms with E-state index in [1.54, 1.807) is 0 Å². The molecule has 3 saturated heterocycles. The first-order valence-corrected chi connectivity index (χ1v) is 8.08. The van der Waals surface area contributed by atoms with Gasteiger partial charge in [0.2, 0.25) is 5.89 Å². The van der Waals surface area contributed by atoms with Crippen LogP contribution >= 0.6 is 0 Å². The van der Waals surface area contributed by atoms with E-state index < -0.39 is 5.60 Å². The standard InChI is InChI=1S/C15H23N3O4/c1-10-16-14(22-17-10)7-18-6-11-8-21-5-3-15(11,19)12-9-20-4-2-13(12)18/h11-13,19H,2-9H2,1H3/t11-,12+,13-,15-/m0/s1. The van der Waals surface area contributed by atoms with Crippen molar-refractivity contribution >= 4 is 0 Å². The number of hydrogen-bond acceptors (Lipinski definition) is 7. The molecule has 0 radical (unpaired) electrons. The molecule has 4 rings (SSSR count). The Morgan fingerprint density at radius 3 is 3.00 bits per heavy atom. The van der Waals surface area contributed by atoms with E-state index in [0.717, 1.165) is 19.6 Å². The van der Waals surface area contributed by atoms with Gasteiger partial charge in [0.05, 0.1) is 25.4 Å². The normalized spacial score (nSPS) is 39.3. The van der Waals surface area contributed by atoms with Gasteiger partial charge in [-0.1, -0.05) is 5.16 Å². The molecular formula is C15H23N3O4. The van der Waals surface area contributed by atoms with Crippen molar-refractivity contribution in [2.45, 2.75) is 38.0 Å². The van der Waals surface area contributed by atoms with Gasteiger partial charge in [-0.2, -0.15) is 4.98 Å². The molecule has 4 heterocycles. The molecule has 0 aromatic carbocycles. The number of aryl methyl sites for hydroxylation is 1. The number of piperidine rings is 1. The summed E-state index contributed by atoms with van der Waals surface area (Å²) >= 11 is 0. The maximum atomic E-state index is 11.2. The number of ether oxygens (including phenoxy) is 2. The van der Waals surface area contributed by atoms with Gasteiger partial charge in [-0.05, 0) is 13.3 Å². The monoisotopic (exact) mass is 309 g/mol. The van der Waals surface area contributed by atoms with Gasteiger partial charge in [-0.15, -0.1) is 0 Å². The Labute approximate surface area is 129 Å². The van der Waals surface area contributed by atoms with Crippen LogP contribution in [0.3, 0.4) is 0 Å². The molecule has 0 unspecified atom stereocenters. The van der Waals surface area contributed by atoms with Crippen molar-refractivity contribution in [2.24, 2.45) is 11.8 Å². The number of nitrogens with zero attached hydrogens (tertiary/aromatic N) is 3. The predicted molar refractivity (Wildman–Crippen MR) is 76.0 cm³/mol. The number of fused-ring (bicyclic) bond motifs is 3. The van der Waals surface area contributed by atoms with Crippen molar-refractivity contribution in [3.8, 4) is 0 Å². The first-order valence-electron chi connectivity index (χ1n) is 8.08. The Kier molecular flexibility index (Phi) is 3.68. The molecule has 1 N–H and O–H groups in total. The molecule has 0 saturated carbocycles. The van der Waals surface area contributed by atoms with Gasteiger partial charge in [0.1, 0.15) is 0 Å². The van der Waals surface area contributed by atoms with Crippen LogP contribution in [0.15, 0.2) is 4.52 Å². The third-order valence-electron chi connectivity index (χ3n) is 5.47. The molecule has 22 heavy (non-hydrogen) atoms. The van der Waals surface area contributed by atoms with E-state index in [4.69, 9.17) is 14.0 Å². The minimum atomic E-state index is -0.662. The van der Waals surface area contributed by atoms with Crippen LogP contribution in [0.1, 0.15) is 24.6 Å². The van der Waals surface area contributed by atoms with Gasteiger partial charge < -0.3 is 19.1 Å². The van der Waals surface area contributed by atoms with Crippen LogP contribution in [0.5, 0.6) is 0 Å². The summed E-state index contributed by atoms with van der Waals surface area (Å²) in [6.07, 6.45) is 1.64. The molecule has 0 amide bonds. The number of rotatable bonds is 2. The summed E-state index contributed by atoms with van der Waals surface area (Å²) in [6.45, 7) is 5.88. The third-order valence-corrected chi connectivity index (χ3v) is 5.47. The quantitative estimate of drug-likeness (QED) is 0.845. The fraction of sp³-hybridized carbons (Fsp3) is 0.867. The van der Waals surface area contributed by atoms with Crippen LogP contribution in [-0.2, 0) is 16.0 Å². The topological polar surface area (TPSA) is 80.9 Å². The van der Waals surface area contributed by atoms with Gasteiger partial charge >= 0.3 is 0 Å². The highest BCUT2D eigenvalue weighted by Gasteiger charge is 2.55. The van der Waals surface area contributed by atoms with Crippen LogP contribution in [0.2, 0.25) is 0 Å². The Morgan fingerprint density at radius 2 is 2.18 bits per heavy atom. The summed E-state index contributed by atoms with van der Waals surface area (Å²) in [5.41, 5.74) is -0.662. The molecule has 3 fully saturated rings. The third kappa shape index (κ3) is 2.36. The number of aliphatic hydroxyl groups is 1. The molecule has 0 spiro atoms. The zero-order valence-electron chi connectivity index (χ0n) is 12.9. The average Bonchev–Trinajstić information content (AvgIpc) is 2.94. The lowest BCUT2D eigenvalue weighted by molar-refractivity contribution is -0.222. The molecule has 3 aliphatic heterocycles. The Morgan fingerprint density at radius 1 is 1.32 bits per heavy atom. The van der Waals surface area contributed by atoms with Gasteiger partial charge in [-0.25, -0.2) is 0 Å². The van der Waals surface area contributed by atoms with Crippen LogP contribution < -0.4 is 0 Å². The van der Waals surface area contributed by atoms with E-state index in [0.29, 0.717) is 50.5 Å². The Bertz CT molecular complexity index is 537. The fourth-order valence-electron chi connectivity index (χ4n) is 4.33. The lowest BCUT2D eigenvalue weighted by Crippen LogP contribution is -2.67. The fourth-order valence-corrected chi connectivity index (χ4v) is 4.33. The predicted octanol–water partition coefficient (Wildman–Crippen LogP) is 0.366. The lowest BCUT2D eigenvalue weighted by atomic mass is 9.66. The summed E-state index contributed by atoms with van der Waals surface area (Å²) in [4.78, 5) is 6.69. The highest BCUT2D eigenvalue weighted by atomic mass is 16.5. The molecule has 4 atom stereocenters. The van der Waals surface area contributed by atoms with Crippen molar-refractivity contribution in [1.82, 2.24) is 15.0 Å². The van der Waals surface area contributed by atoms with Crippen molar-refractivity contribution in [1.29, 1.82) is 0 Å². The Hall–Kier alpha value is -1.02. The van der Waals surface area contributed by atoms with Gasteiger partial charge in [-0.3, -0.25) is 4.90 Å². The maximum absolute atomic E-state index is 11.2. The molecule has 0 bridgehead atoms. The minimum absolute atomic E-state index is 0.119. The number of likely N-dealkylation sites (tertiary alicyclic amines) is 1. The summed E-state index contributed by atoms with van der Waals surface area (Å²) in [7, 11) is 0. The zero-order valence-corrected chi connectivity index (χ0v) is 12.9. The highest BCUT2D eigenvalue weighted by molar-refractivity contribution is 5.06. The lowest BCUT2D eigenvalue weighted by Gasteiger charge is -2.57. The minimum Gasteiger partial charge on any atom is -0.389 e. The first-order chi connectivity index (χ1) is 10.7. The van der Waals surface area contributed by atoms with E-state index in [9.17, 15) is 5.11 Å². The number of hydrogen-bond donors (Lipinski definition) is 1. The van der Waals surface area contributed by atoms with Crippen LogP contribution in [-0.4, -0.2) is 64.8 Å². The maximum Gasteiger partial charge on any atom is 0.240 e. The van der Waals surface area contributed by atoms with Crippen molar-refractivity contribution in [3.63, 3.8) is 0 Å². The number of aromatic nitrogens is 2. The van der Waals surface area contributed by atoms with Gasteiger partial charge in [0.15, 0.2) is 5.82 Å². The van der Waals surface area contributed by atoms with E-state index in [2.05, 4.69) is 15.0 Å². The molecule has 3 aliphatic rings. The highest BCUT2D eigenvalue weighted by Crippen LogP contribution is 2.44. The first kappa shape index (κ1) is 14.6. The van der Waals surface area contributed by atoms with E-state index in [1.165, 1.54) is 0 Å². The summed E-state index contributed by atoms with van der Waals surface area (Å²) < 4.78 is 16.6. The van der Waals surface area contributed by atoms with Crippen molar-refractivity contribution < 1.29 is 19.1 Å².